The largest absolute Gasteiger partial charge is 0.464 e. The van der Waals surface area contributed by atoms with Gasteiger partial charge in [0, 0.05) is 5.02 Å². The first-order valence-corrected chi connectivity index (χ1v) is 4.48. The highest BCUT2D eigenvalue weighted by Crippen LogP contribution is 2.09. The maximum atomic E-state index is 11.1. The molecule has 80 valence electrons. The summed E-state index contributed by atoms with van der Waals surface area (Å²) in [5, 5.41) is 8.81. The Morgan fingerprint density at radius 3 is 2.33 bits per heavy atom. The maximum Gasteiger partial charge on any atom is 0.423 e. The molecule has 1 aromatic carbocycles. The predicted molar refractivity (Wildman–Crippen MR) is 54.5 cm³/mol. The highest BCUT2D eigenvalue weighted by Gasteiger charge is 2.03. The van der Waals surface area contributed by atoms with Gasteiger partial charge in [-0.25, -0.2) is 10.2 Å². The molecule has 1 aromatic rings. The molecule has 6 heteroatoms. The first kappa shape index (κ1) is 11.3. The van der Waals surface area contributed by atoms with Gasteiger partial charge in [0.25, 0.3) is 0 Å². The van der Waals surface area contributed by atoms with Crippen LogP contribution < -0.4 is 10.9 Å². The van der Waals surface area contributed by atoms with E-state index in [9.17, 15) is 9.59 Å². The van der Waals surface area contributed by atoms with E-state index in [1.54, 1.807) is 29.7 Å². The summed E-state index contributed by atoms with van der Waals surface area (Å²) in [6, 6.07) is 6.72. The highest BCUT2D eigenvalue weighted by molar-refractivity contribution is 6.30. The Morgan fingerprint density at radius 2 is 1.80 bits per heavy atom. The zero-order chi connectivity index (χ0) is 11.3. The number of hydrogen-bond acceptors (Lipinski definition) is 2. The minimum absolute atomic E-state index is 0.0947. The summed E-state index contributed by atoms with van der Waals surface area (Å²) in [5.74, 6) is -0.431. The molecule has 0 heterocycles. The van der Waals surface area contributed by atoms with Crippen LogP contribution in [0, 0.1) is 0 Å². The Morgan fingerprint density at radius 1 is 1.20 bits per heavy atom. The molecule has 0 unspecified atom stereocenters. The monoisotopic (exact) mass is 228 g/mol. The van der Waals surface area contributed by atoms with E-state index in [0.29, 0.717) is 5.02 Å². The fraction of sp³-hybridized carbons (Fsp3) is 0.111. The van der Waals surface area contributed by atoms with Crippen LogP contribution in [0.25, 0.3) is 0 Å². The fourth-order valence-electron chi connectivity index (χ4n) is 0.955. The van der Waals surface area contributed by atoms with Gasteiger partial charge in [0.15, 0.2) is 0 Å². The number of carbonyl (C=O) groups excluding carboxylic acids is 1. The number of halogens is 1. The van der Waals surface area contributed by atoms with Gasteiger partial charge in [-0.15, -0.1) is 0 Å². The third-order valence-electron chi connectivity index (χ3n) is 1.59. The number of rotatable bonds is 2. The third kappa shape index (κ3) is 4.33. The van der Waals surface area contributed by atoms with Gasteiger partial charge in [-0.1, -0.05) is 23.7 Å². The summed E-state index contributed by atoms with van der Waals surface area (Å²) >= 11 is 5.66. The van der Waals surface area contributed by atoms with Gasteiger partial charge in [0.1, 0.15) is 0 Å². The van der Waals surface area contributed by atoms with E-state index < -0.39 is 12.0 Å². The molecule has 0 atom stereocenters. The minimum Gasteiger partial charge on any atom is -0.464 e. The fourth-order valence-corrected chi connectivity index (χ4v) is 1.08. The third-order valence-corrected chi connectivity index (χ3v) is 1.84. The van der Waals surface area contributed by atoms with Gasteiger partial charge in [-0.2, -0.15) is 0 Å². The number of carbonyl (C=O) groups is 2. The van der Waals surface area contributed by atoms with E-state index in [1.165, 1.54) is 0 Å². The summed E-state index contributed by atoms with van der Waals surface area (Å²) in [6.07, 6.45) is -1.21. The molecule has 5 nitrogen and oxygen atoms in total. The molecule has 0 bridgehead atoms. The molecule has 1 rings (SSSR count). The molecular weight excluding hydrogens is 220 g/mol. The number of hydrogen-bond donors (Lipinski definition) is 3. The van der Waals surface area contributed by atoms with Crippen molar-refractivity contribution < 1.29 is 14.7 Å². The summed E-state index contributed by atoms with van der Waals surface area (Å²) in [5.41, 5.74) is 4.55. The van der Waals surface area contributed by atoms with Crippen molar-refractivity contribution >= 4 is 23.6 Å². The van der Waals surface area contributed by atoms with E-state index in [0.717, 1.165) is 5.56 Å². The van der Waals surface area contributed by atoms with Crippen LogP contribution in [0.4, 0.5) is 4.79 Å². The standard InChI is InChI=1S/C9H9ClN2O3/c10-7-3-1-6(2-4-7)5-8(13)11-12-9(14)15/h1-4,12H,5H2,(H,11,13)(H,14,15). The van der Waals surface area contributed by atoms with Crippen molar-refractivity contribution in [3.8, 4) is 0 Å². The molecule has 15 heavy (non-hydrogen) atoms. The quantitative estimate of drug-likeness (QED) is 0.665. The van der Waals surface area contributed by atoms with Gasteiger partial charge in [-0.05, 0) is 17.7 Å². The van der Waals surface area contributed by atoms with Gasteiger partial charge in [-0.3, -0.25) is 10.2 Å². The summed E-state index contributed by atoms with van der Waals surface area (Å²) in [4.78, 5) is 21.2. The molecule has 0 aromatic heterocycles. The highest BCUT2D eigenvalue weighted by atomic mass is 35.5. The zero-order valence-corrected chi connectivity index (χ0v) is 8.41. The molecule has 0 aliphatic rings. The van der Waals surface area contributed by atoms with Crippen molar-refractivity contribution in [1.82, 2.24) is 10.9 Å². The van der Waals surface area contributed by atoms with E-state index in [1.807, 2.05) is 5.43 Å². The van der Waals surface area contributed by atoms with Crippen molar-refractivity contribution in [3.05, 3.63) is 34.9 Å². The Kier molecular flexibility index (Phi) is 3.93. The Labute approximate surface area is 91.0 Å². The number of carboxylic acid groups (broad SMARTS) is 1. The smallest absolute Gasteiger partial charge is 0.423 e. The minimum atomic E-state index is -1.31. The molecule has 3 N–H and O–H groups in total. The number of benzene rings is 1. The molecule has 0 spiro atoms. The number of hydrazine groups is 1. The maximum absolute atomic E-state index is 11.1. The normalized spacial score (nSPS) is 9.40. The molecule has 0 saturated carbocycles. The van der Waals surface area contributed by atoms with Crippen LogP contribution in [-0.2, 0) is 11.2 Å². The molecule has 2 amide bonds. The molecule has 0 aliphatic carbocycles. The van der Waals surface area contributed by atoms with Crippen molar-refractivity contribution in [2.75, 3.05) is 0 Å². The van der Waals surface area contributed by atoms with Crippen molar-refractivity contribution in [2.24, 2.45) is 0 Å². The van der Waals surface area contributed by atoms with Crippen molar-refractivity contribution in [1.29, 1.82) is 0 Å². The van der Waals surface area contributed by atoms with Crippen LogP contribution in [0.3, 0.4) is 0 Å². The van der Waals surface area contributed by atoms with Crippen molar-refractivity contribution in [3.63, 3.8) is 0 Å². The van der Waals surface area contributed by atoms with E-state index in [-0.39, 0.29) is 6.42 Å². The molecular formula is C9H9ClN2O3. The molecule has 0 saturated heterocycles. The van der Waals surface area contributed by atoms with E-state index in [4.69, 9.17) is 16.7 Å². The van der Waals surface area contributed by atoms with Crippen LogP contribution in [0.1, 0.15) is 5.56 Å². The lowest BCUT2D eigenvalue weighted by Crippen LogP contribution is -2.41. The Hall–Kier alpha value is -1.75. The second-order valence-electron chi connectivity index (χ2n) is 2.78. The van der Waals surface area contributed by atoms with Gasteiger partial charge in [0.05, 0.1) is 6.42 Å². The second-order valence-corrected chi connectivity index (χ2v) is 3.22. The lowest BCUT2D eigenvalue weighted by Gasteiger charge is -2.03. The molecule has 0 fully saturated rings. The van der Waals surface area contributed by atoms with Crippen LogP contribution in [0.15, 0.2) is 24.3 Å². The average Bonchev–Trinajstić information content (AvgIpc) is 2.19. The molecule has 0 aliphatic heterocycles. The van der Waals surface area contributed by atoms with Crippen LogP contribution in [-0.4, -0.2) is 17.1 Å². The van der Waals surface area contributed by atoms with E-state index in [2.05, 4.69) is 0 Å². The summed E-state index contributed by atoms with van der Waals surface area (Å²) in [6.45, 7) is 0. The Bertz CT molecular complexity index is 364. The molecule has 0 radical (unpaired) electrons. The van der Waals surface area contributed by atoms with Crippen LogP contribution >= 0.6 is 11.6 Å². The van der Waals surface area contributed by atoms with Gasteiger partial charge < -0.3 is 5.11 Å². The first-order chi connectivity index (χ1) is 7.08. The average molecular weight is 229 g/mol. The zero-order valence-electron chi connectivity index (χ0n) is 7.66. The van der Waals surface area contributed by atoms with Crippen LogP contribution in [0.5, 0.6) is 0 Å². The predicted octanol–water partition coefficient (Wildman–Crippen LogP) is 1.18. The first-order valence-electron chi connectivity index (χ1n) is 4.10. The number of amides is 2. The van der Waals surface area contributed by atoms with Crippen molar-refractivity contribution in [2.45, 2.75) is 6.42 Å². The van der Waals surface area contributed by atoms with Gasteiger partial charge >= 0.3 is 6.09 Å². The summed E-state index contributed by atoms with van der Waals surface area (Å²) < 4.78 is 0. The second kappa shape index (κ2) is 5.21. The summed E-state index contributed by atoms with van der Waals surface area (Å²) in [7, 11) is 0. The lowest BCUT2D eigenvalue weighted by molar-refractivity contribution is -0.121. The SMILES string of the molecule is O=C(O)NNC(=O)Cc1ccc(Cl)cc1. The van der Waals surface area contributed by atoms with Gasteiger partial charge in [0.2, 0.25) is 5.91 Å². The lowest BCUT2D eigenvalue weighted by atomic mass is 10.1. The number of nitrogens with one attached hydrogen (secondary N) is 2. The Balaban J connectivity index is 2.44. The topological polar surface area (TPSA) is 78.4 Å². The van der Waals surface area contributed by atoms with E-state index >= 15 is 0 Å². The van der Waals surface area contributed by atoms with Crippen LogP contribution in [0.2, 0.25) is 5.02 Å².